The molecule has 0 saturated carbocycles. The molecule has 100 valence electrons. The first kappa shape index (κ1) is 13.5. The largest absolute Gasteiger partial charge is 0.388 e. The van der Waals surface area contributed by atoms with E-state index in [4.69, 9.17) is 9.47 Å². The lowest BCUT2D eigenvalue weighted by molar-refractivity contribution is -0.290. The molecule has 1 aromatic carbocycles. The van der Waals surface area contributed by atoms with Crippen LogP contribution in [0.5, 0.6) is 0 Å². The summed E-state index contributed by atoms with van der Waals surface area (Å²) in [5.41, 5.74) is 0.921. The van der Waals surface area contributed by atoms with E-state index in [2.05, 4.69) is 0 Å². The lowest BCUT2D eigenvalue weighted by Gasteiger charge is -2.39. The SMILES string of the molecule is C[C@H]1O[C@H](O)[C@H](OCc2ccccc2)[C@@H](O)[C@H]1O. The predicted molar refractivity (Wildman–Crippen MR) is 63.6 cm³/mol. The number of aliphatic hydroxyl groups excluding tert-OH is 3. The third kappa shape index (κ3) is 2.88. The summed E-state index contributed by atoms with van der Waals surface area (Å²) in [5.74, 6) is 0. The normalized spacial score (nSPS) is 36.6. The van der Waals surface area contributed by atoms with Gasteiger partial charge in [-0.2, -0.15) is 0 Å². The van der Waals surface area contributed by atoms with Gasteiger partial charge in [-0.05, 0) is 12.5 Å². The van der Waals surface area contributed by atoms with Gasteiger partial charge >= 0.3 is 0 Å². The van der Waals surface area contributed by atoms with Crippen molar-refractivity contribution in [3.63, 3.8) is 0 Å². The van der Waals surface area contributed by atoms with Crippen molar-refractivity contribution in [3.05, 3.63) is 35.9 Å². The van der Waals surface area contributed by atoms with Gasteiger partial charge in [-0.3, -0.25) is 0 Å². The average molecular weight is 254 g/mol. The van der Waals surface area contributed by atoms with Crippen molar-refractivity contribution < 1.29 is 24.8 Å². The molecule has 5 heteroatoms. The zero-order chi connectivity index (χ0) is 13.1. The fourth-order valence-corrected chi connectivity index (χ4v) is 1.97. The summed E-state index contributed by atoms with van der Waals surface area (Å²) in [6.07, 6.45) is -5.02. The van der Waals surface area contributed by atoms with Crippen molar-refractivity contribution >= 4 is 0 Å². The second-order valence-electron chi connectivity index (χ2n) is 4.47. The van der Waals surface area contributed by atoms with Crippen LogP contribution in [-0.2, 0) is 16.1 Å². The maximum absolute atomic E-state index is 9.84. The fourth-order valence-electron chi connectivity index (χ4n) is 1.97. The van der Waals surface area contributed by atoms with Gasteiger partial charge in [0.15, 0.2) is 6.29 Å². The monoisotopic (exact) mass is 254 g/mol. The van der Waals surface area contributed by atoms with Crippen molar-refractivity contribution in [2.24, 2.45) is 0 Å². The van der Waals surface area contributed by atoms with Crippen molar-refractivity contribution in [3.8, 4) is 0 Å². The van der Waals surface area contributed by atoms with Gasteiger partial charge in [-0.25, -0.2) is 0 Å². The zero-order valence-electron chi connectivity index (χ0n) is 10.1. The highest BCUT2D eigenvalue weighted by Crippen LogP contribution is 2.22. The van der Waals surface area contributed by atoms with Crippen LogP contribution in [-0.4, -0.2) is 46.0 Å². The summed E-state index contributed by atoms with van der Waals surface area (Å²) in [6, 6.07) is 9.39. The molecular formula is C13H18O5. The van der Waals surface area contributed by atoms with E-state index in [9.17, 15) is 15.3 Å². The quantitative estimate of drug-likeness (QED) is 0.709. The smallest absolute Gasteiger partial charge is 0.184 e. The number of aliphatic hydroxyl groups is 3. The summed E-state index contributed by atoms with van der Waals surface area (Å²) in [5, 5.41) is 29.2. The Morgan fingerprint density at radius 1 is 1.11 bits per heavy atom. The Balaban J connectivity index is 1.96. The minimum Gasteiger partial charge on any atom is -0.388 e. The molecule has 0 aliphatic carbocycles. The molecule has 1 aromatic rings. The standard InChI is InChI=1S/C13H18O5/c1-8-10(14)11(15)12(13(16)18-8)17-7-9-5-3-2-4-6-9/h2-6,8,10-16H,7H2,1H3/t8-,10+,11+,12-,13+/m1/s1. The summed E-state index contributed by atoms with van der Waals surface area (Å²) in [6.45, 7) is 1.83. The number of rotatable bonds is 3. The topological polar surface area (TPSA) is 79.2 Å². The van der Waals surface area contributed by atoms with Gasteiger partial charge < -0.3 is 24.8 Å². The number of hydrogen-bond acceptors (Lipinski definition) is 5. The second kappa shape index (κ2) is 5.77. The average Bonchev–Trinajstić information content (AvgIpc) is 2.37. The zero-order valence-corrected chi connectivity index (χ0v) is 10.1. The maximum atomic E-state index is 9.84. The van der Waals surface area contributed by atoms with Crippen LogP contribution in [0.15, 0.2) is 30.3 Å². The molecule has 1 aliphatic rings. The molecule has 1 aliphatic heterocycles. The van der Waals surface area contributed by atoms with Crippen molar-refractivity contribution in [1.82, 2.24) is 0 Å². The maximum Gasteiger partial charge on any atom is 0.184 e. The van der Waals surface area contributed by atoms with E-state index in [1.807, 2.05) is 30.3 Å². The van der Waals surface area contributed by atoms with Crippen LogP contribution in [0.25, 0.3) is 0 Å². The Morgan fingerprint density at radius 2 is 1.78 bits per heavy atom. The molecule has 3 N–H and O–H groups in total. The molecule has 0 spiro atoms. The summed E-state index contributed by atoms with van der Waals surface area (Å²) >= 11 is 0. The lowest BCUT2D eigenvalue weighted by atomic mass is 10.00. The van der Waals surface area contributed by atoms with Crippen molar-refractivity contribution in [2.45, 2.75) is 44.2 Å². The second-order valence-corrected chi connectivity index (χ2v) is 4.47. The van der Waals surface area contributed by atoms with Crippen LogP contribution in [0.2, 0.25) is 0 Å². The highest BCUT2D eigenvalue weighted by Gasteiger charge is 2.42. The molecule has 2 rings (SSSR count). The minimum absolute atomic E-state index is 0.240. The molecule has 1 saturated heterocycles. The highest BCUT2D eigenvalue weighted by molar-refractivity contribution is 5.13. The first-order chi connectivity index (χ1) is 8.59. The minimum atomic E-state index is -1.23. The molecule has 5 atom stereocenters. The number of benzene rings is 1. The van der Waals surface area contributed by atoms with E-state index in [1.54, 1.807) is 6.92 Å². The van der Waals surface area contributed by atoms with Crippen LogP contribution in [0.3, 0.4) is 0 Å². The third-order valence-corrected chi connectivity index (χ3v) is 3.09. The van der Waals surface area contributed by atoms with Crippen LogP contribution in [0, 0.1) is 0 Å². The Hall–Kier alpha value is -0.980. The Morgan fingerprint density at radius 3 is 2.44 bits per heavy atom. The van der Waals surface area contributed by atoms with Crippen LogP contribution < -0.4 is 0 Å². The van der Waals surface area contributed by atoms with Gasteiger partial charge in [0.05, 0.1) is 12.7 Å². The molecule has 0 unspecified atom stereocenters. The van der Waals surface area contributed by atoms with E-state index in [0.717, 1.165) is 5.56 Å². The Labute approximate surface area is 106 Å². The fraction of sp³-hybridized carbons (Fsp3) is 0.538. The first-order valence-corrected chi connectivity index (χ1v) is 5.95. The summed E-state index contributed by atoms with van der Waals surface area (Å²) < 4.78 is 10.5. The molecule has 1 heterocycles. The van der Waals surface area contributed by atoms with Gasteiger partial charge in [0, 0.05) is 0 Å². The van der Waals surface area contributed by atoms with Gasteiger partial charge in [0.2, 0.25) is 0 Å². The predicted octanol–water partition coefficient (Wildman–Crippen LogP) is 0.0307. The molecule has 18 heavy (non-hydrogen) atoms. The van der Waals surface area contributed by atoms with Crippen molar-refractivity contribution in [1.29, 1.82) is 0 Å². The molecule has 0 aromatic heterocycles. The van der Waals surface area contributed by atoms with E-state index in [-0.39, 0.29) is 6.61 Å². The van der Waals surface area contributed by atoms with Gasteiger partial charge in [0.1, 0.15) is 18.3 Å². The molecule has 5 nitrogen and oxygen atoms in total. The van der Waals surface area contributed by atoms with E-state index >= 15 is 0 Å². The molecule has 0 bridgehead atoms. The van der Waals surface area contributed by atoms with E-state index in [1.165, 1.54) is 0 Å². The molecule has 1 fully saturated rings. The molecule has 0 radical (unpaired) electrons. The number of hydrogen-bond donors (Lipinski definition) is 3. The van der Waals surface area contributed by atoms with Gasteiger partial charge in [0.25, 0.3) is 0 Å². The van der Waals surface area contributed by atoms with Crippen LogP contribution in [0.4, 0.5) is 0 Å². The van der Waals surface area contributed by atoms with E-state index < -0.39 is 30.7 Å². The Kier molecular flexibility index (Phi) is 4.31. The number of ether oxygens (including phenoxy) is 2. The van der Waals surface area contributed by atoms with Gasteiger partial charge in [-0.15, -0.1) is 0 Å². The lowest BCUT2D eigenvalue weighted by Crippen LogP contribution is -2.57. The Bertz CT molecular complexity index is 369. The van der Waals surface area contributed by atoms with Crippen molar-refractivity contribution in [2.75, 3.05) is 0 Å². The van der Waals surface area contributed by atoms with Crippen LogP contribution in [0.1, 0.15) is 12.5 Å². The third-order valence-electron chi connectivity index (χ3n) is 3.09. The summed E-state index contributed by atoms with van der Waals surface area (Å²) in [7, 11) is 0. The first-order valence-electron chi connectivity index (χ1n) is 5.95. The van der Waals surface area contributed by atoms with E-state index in [0.29, 0.717) is 0 Å². The molecular weight excluding hydrogens is 236 g/mol. The van der Waals surface area contributed by atoms with Crippen LogP contribution >= 0.6 is 0 Å². The highest BCUT2D eigenvalue weighted by atomic mass is 16.7. The van der Waals surface area contributed by atoms with Gasteiger partial charge in [-0.1, -0.05) is 30.3 Å². The molecule has 0 amide bonds. The summed E-state index contributed by atoms with van der Waals surface area (Å²) in [4.78, 5) is 0.